The van der Waals surface area contributed by atoms with E-state index in [9.17, 15) is 9.59 Å². The van der Waals surface area contributed by atoms with Gasteiger partial charge in [-0.15, -0.1) is 0 Å². The van der Waals surface area contributed by atoms with E-state index in [1.165, 1.54) is 0 Å². The summed E-state index contributed by atoms with van der Waals surface area (Å²) >= 11 is 0. The number of nitrogens with one attached hydrogen (secondary N) is 1. The first-order valence-corrected chi connectivity index (χ1v) is 10.9. The molecule has 1 saturated heterocycles. The monoisotopic (exact) mass is 424 g/mol. The fourth-order valence-electron chi connectivity index (χ4n) is 3.73. The lowest BCUT2D eigenvalue weighted by Crippen LogP contribution is -2.32. The highest BCUT2D eigenvalue weighted by molar-refractivity contribution is 5.94. The van der Waals surface area contributed by atoms with Crippen LogP contribution in [0.15, 0.2) is 48.5 Å². The van der Waals surface area contributed by atoms with Gasteiger partial charge in [0.25, 0.3) is 5.91 Å². The van der Waals surface area contributed by atoms with Gasteiger partial charge < -0.3 is 19.7 Å². The number of nitrogens with zero attached hydrogens (tertiary/aromatic N) is 1. The van der Waals surface area contributed by atoms with Crippen LogP contribution in [-0.4, -0.2) is 35.7 Å². The third kappa shape index (κ3) is 6.23. The third-order valence-corrected chi connectivity index (χ3v) is 5.13. The summed E-state index contributed by atoms with van der Waals surface area (Å²) in [6.45, 7) is 9.17. The Morgan fingerprint density at radius 1 is 1.06 bits per heavy atom. The van der Waals surface area contributed by atoms with Crippen molar-refractivity contribution in [2.75, 3.05) is 13.2 Å². The summed E-state index contributed by atoms with van der Waals surface area (Å²) in [5.41, 5.74) is 2.16. The molecule has 1 unspecified atom stereocenters. The molecule has 1 atom stereocenters. The number of carbonyl (C=O) groups is 2. The van der Waals surface area contributed by atoms with Crippen LogP contribution >= 0.6 is 0 Å². The standard InChI is InChI=1S/C25H32N2O4/c1-5-30-21-14-12-19(13-15-21)22-7-6-16-27(22)23(28)20-10-8-18(9-11-20)17-26-24(29)31-25(2,3)4/h8-15,22H,5-7,16-17H2,1-4H3,(H,26,29). The molecule has 0 radical (unpaired) electrons. The highest BCUT2D eigenvalue weighted by atomic mass is 16.6. The maximum Gasteiger partial charge on any atom is 0.407 e. The maximum atomic E-state index is 13.1. The number of ether oxygens (including phenoxy) is 2. The summed E-state index contributed by atoms with van der Waals surface area (Å²) < 4.78 is 10.8. The second-order valence-electron chi connectivity index (χ2n) is 8.71. The molecule has 6 nitrogen and oxygen atoms in total. The minimum absolute atomic E-state index is 0.0306. The molecule has 1 N–H and O–H groups in total. The maximum absolute atomic E-state index is 13.1. The Morgan fingerprint density at radius 2 is 1.74 bits per heavy atom. The molecule has 1 heterocycles. The van der Waals surface area contributed by atoms with Gasteiger partial charge in [0.1, 0.15) is 11.4 Å². The number of benzene rings is 2. The van der Waals surface area contributed by atoms with Gasteiger partial charge in [-0.2, -0.15) is 0 Å². The molecule has 0 aliphatic carbocycles. The summed E-state index contributed by atoms with van der Waals surface area (Å²) in [7, 11) is 0. The fourth-order valence-corrected chi connectivity index (χ4v) is 3.73. The molecule has 1 fully saturated rings. The average molecular weight is 425 g/mol. The molecule has 6 heteroatoms. The van der Waals surface area contributed by atoms with Gasteiger partial charge in [0.15, 0.2) is 0 Å². The second-order valence-corrected chi connectivity index (χ2v) is 8.71. The molecule has 3 rings (SSSR count). The molecule has 166 valence electrons. The number of rotatable bonds is 6. The molecular weight excluding hydrogens is 392 g/mol. The topological polar surface area (TPSA) is 67.9 Å². The molecular formula is C25H32N2O4. The van der Waals surface area contributed by atoms with E-state index >= 15 is 0 Å². The van der Waals surface area contributed by atoms with E-state index in [0.29, 0.717) is 18.7 Å². The molecule has 1 aliphatic rings. The van der Waals surface area contributed by atoms with Crippen LogP contribution in [0, 0.1) is 0 Å². The quantitative estimate of drug-likeness (QED) is 0.702. The number of amides is 2. The van der Waals surface area contributed by atoms with Crippen molar-refractivity contribution in [1.29, 1.82) is 0 Å². The predicted molar refractivity (Wildman–Crippen MR) is 120 cm³/mol. The second kappa shape index (κ2) is 9.86. The first kappa shape index (κ1) is 22.7. The Labute approximate surface area is 184 Å². The Kier molecular flexibility index (Phi) is 7.21. The van der Waals surface area contributed by atoms with Gasteiger partial charge in [-0.25, -0.2) is 4.79 Å². The molecule has 2 aromatic carbocycles. The van der Waals surface area contributed by atoms with Crippen molar-refractivity contribution in [3.05, 3.63) is 65.2 Å². The first-order chi connectivity index (χ1) is 14.8. The normalized spacial score (nSPS) is 16.1. The van der Waals surface area contributed by atoms with Gasteiger partial charge >= 0.3 is 6.09 Å². The van der Waals surface area contributed by atoms with Crippen LogP contribution < -0.4 is 10.1 Å². The Hall–Kier alpha value is -3.02. The van der Waals surface area contributed by atoms with E-state index < -0.39 is 11.7 Å². The first-order valence-electron chi connectivity index (χ1n) is 10.9. The molecule has 0 aromatic heterocycles. The van der Waals surface area contributed by atoms with Gasteiger partial charge in [0.2, 0.25) is 0 Å². The Morgan fingerprint density at radius 3 is 2.35 bits per heavy atom. The van der Waals surface area contributed by atoms with Gasteiger partial charge in [-0.05, 0) is 75.9 Å². The average Bonchev–Trinajstić information content (AvgIpc) is 3.21. The molecule has 0 spiro atoms. The van der Waals surface area contributed by atoms with E-state index in [1.807, 2.05) is 81.1 Å². The number of alkyl carbamates (subject to hydrolysis) is 1. The molecule has 0 saturated carbocycles. The van der Waals surface area contributed by atoms with E-state index in [-0.39, 0.29) is 11.9 Å². The lowest BCUT2D eigenvalue weighted by atomic mass is 10.0. The minimum Gasteiger partial charge on any atom is -0.494 e. The number of hydrogen-bond donors (Lipinski definition) is 1. The van der Waals surface area contributed by atoms with E-state index in [2.05, 4.69) is 5.32 Å². The molecule has 2 aromatic rings. The van der Waals surface area contributed by atoms with Gasteiger partial charge in [0.05, 0.1) is 12.6 Å². The highest BCUT2D eigenvalue weighted by Crippen LogP contribution is 2.34. The Balaban J connectivity index is 1.61. The predicted octanol–water partition coefficient (Wildman–Crippen LogP) is 5.09. The van der Waals surface area contributed by atoms with Crippen LogP contribution in [0.5, 0.6) is 5.75 Å². The van der Waals surface area contributed by atoms with Crippen LogP contribution in [0.2, 0.25) is 0 Å². The SMILES string of the molecule is CCOc1ccc(C2CCCN2C(=O)c2ccc(CNC(=O)OC(C)(C)C)cc2)cc1. The van der Waals surface area contributed by atoms with Crippen LogP contribution in [0.1, 0.15) is 68.1 Å². The zero-order valence-electron chi connectivity index (χ0n) is 18.8. The van der Waals surface area contributed by atoms with Crippen molar-refractivity contribution in [3.63, 3.8) is 0 Å². The smallest absolute Gasteiger partial charge is 0.407 e. The molecule has 31 heavy (non-hydrogen) atoms. The van der Waals surface area contributed by atoms with Gasteiger partial charge in [-0.3, -0.25) is 4.79 Å². The molecule has 1 aliphatic heterocycles. The van der Waals surface area contributed by atoms with Crippen LogP contribution in [0.3, 0.4) is 0 Å². The van der Waals surface area contributed by atoms with E-state index in [0.717, 1.165) is 36.3 Å². The third-order valence-electron chi connectivity index (χ3n) is 5.13. The van der Waals surface area contributed by atoms with Gasteiger partial charge in [-0.1, -0.05) is 24.3 Å². The summed E-state index contributed by atoms with van der Waals surface area (Å²) in [6.07, 6.45) is 1.49. The summed E-state index contributed by atoms with van der Waals surface area (Å²) in [5, 5.41) is 2.73. The van der Waals surface area contributed by atoms with E-state index in [4.69, 9.17) is 9.47 Å². The number of hydrogen-bond acceptors (Lipinski definition) is 4. The van der Waals surface area contributed by atoms with Crippen molar-refractivity contribution in [2.45, 2.75) is 58.7 Å². The Bertz CT molecular complexity index is 885. The molecule has 0 bridgehead atoms. The zero-order chi connectivity index (χ0) is 22.4. The number of likely N-dealkylation sites (tertiary alicyclic amines) is 1. The van der Waals surface area contributed by atoms with E-state index in [1.54, 1.807) is 0 Å². The molecule has 2 amide bonds. The highest BCUT2D eigenvalue weighted by Gasteiger charge is 2.30. The largest absolute Gasteiger partial charge is 0.494 e. The summed E-state index contributed by atoms with van der Waals surface area (Å²) in [4.78, 5) is 26.9. The van der Waals surface area contributed by atoms with Crippen molar-refractivity contribution in [3.8, 4) is 5.75 Å². The zero-order valence-corrected chi connectivity index (χ0v) is 18.8. The van der Waals surface area contributed by atoms with Crippen molar-refractivity contribution in [1.82, 2.24) is 10.2 Å². The van der Waals surface area contributed by atoms with Crippen LogP contribution in [0.25, 0.3) is 0 Å². The van der Waals surface area contributed by atoms with Crippen molar-refractivity contribution >= 4 is 12.0 Å². The summed E-state index contributed by atoms with van der Waals surface area (Å²) in [6, 6.07) is 15.5. The van der Waals surface area contributed by atoms with Crippen molar-refractivity contribution < 1.29 is 19.1 Å². The van der Waals surface area contributed by atoms with Crippen LogP contribution in [0.4, 0.5) is 4.79 Å². The minimum atomic E-state index is -0.532. The van der Waals surface area contributed by atoms with Crippen LogP contribution in [-0.2, 0) is 11.3 Å². The van der Waals surface area contributed by atoms with Crippen molar-refractivity contribution in [2.24, 2.45) is 0 Å². The lowest BCUT2D eigenvalue weighted by molar-refractivity contribution is 0.0523. The lowest BCUT2D eigenvalue weighted by Gasteiger charge is -2.25. The van der Waals surface area contributed by atoms with Gasteiger partial charge in [0, 0.05) is 18.7 Å². The fraction of sp³-hybridized carbons (Fsp3) is 0.440. The number of carbonyl (C=O) groups excluding carboxylic acids is 2. The summed E-state index contributed by atoms with van der Waals surface area (Å²) in [5.74, 6) is 0.876.